The van der Waals surface area contributed by atoms with Crippen LogP contribution in [-0.2, 0) is 22.5 Å². The van der Waals surface area contributed by atoms with E-state index in [4.69, 9.17) is 4.74 Å². The van der Waals surface area contributed by atoms with E-state index >= 15 is 0 Å². The molecule has 1 saturated heterocycles. The van der Waals surface area contributed by atoms with Gasteiger partial charge in [0.05, 0.1) is 25.4 Å². The molecule has 0 bridgehead atoms. The Morgan fingerprint density at radius 2 is 1.88 bits per heavy atom. The molecule has 1 aliphatic heterocycles. The summed E-state index contributed by atoms with van der Waals surface area (Å²) >= 11 is 0. The van der Waals surface area contributed by atoms with Crippen molar-refractivity contribution in [3.63, 3.8) is 0 Å². The smallest absolute Gasteiger partial charge is 0.360 e. The molecule has 1 N–H and O–H groups in total. The summed E-state index contributed by atoms with van der Waals surface area (Å²) in [6.07, 6.45) is 2.80. The third-order valence-electron chi connectivity index (χ3n) is 5.82. The Morgan fingerprint density at radius 3 is 2.61 bits per heavy atom. The molecule has 1 aromatic heterocycles. The summed E-state index contributed by atoms with van der Waals surface area (Å²) in [6.45, 7) is 1.56. The van der Waals surface area contributed by atoms with Gasteiger partial charge < -0.3 is 10.1 Å². The highest BCUT2D eigenvalue weighted by Crippen LogP contribution is 2.29. The summed E-state index contributed by atoms with van der Waals surface area (Å²) in [5.74, 6) is -0.923. The van der Waals surface area contributed by atoms with E-state index in [0.717, 1.165) is 17.5 Å². The fourth-order valence-corrected chi connectivity index (χ4v) is 4.09. The number of methoxy groups -OCH3 is 1. The zero-order chi connectivity index (χ0) is 23.2. The lowest BCUT2D eigenvalue weighted by atomic mass is 10.1. The van der Waals surface area contributed by atoms with E-state index in [-0.39, 0.29) is 29.5 Å². The Kier molecular flexibility index (Phi) is 7.09. The highest BCUT2D eigenvalue weighted by molar-refractivity contribution is 5.86. The molecule has 3 aromatic rings. The highest BCUT2D eigenvalue weighted by atomic mass is 19.1. The third kappa shape index (κ3) is 5.61. The first-order valence-electron chi connectivity index (χ1n) is 10.8. The summed E-state index contributed by atoms with van der Waals surface area (Å²) < 4.78 is 19.6. The van der Waals surface area contributed by atoms with Gasteiger partial charge in [-0.15, -0.1) is 5.10 Å². The standard InChI is InChI=1S/C24H26FN5O3/c1-33-24(32)21-16-30(28-27-21)20-13-22(23(31)26-12-11-17-5-3-2-4-6-17)29(15-20)14-18-7-9-19(25)10-8-18/h2-10,16,20,22H,11-15H2,1H3,(H,26,31)/t20-,22+/m1/s1. The molecule has 2 heterocycles. The minimum absolute atomic E-state index is 0.0659. The van der Waals surface area contributed by atoms with E-state index in [2.05, 4.69) is 20.5 Å². The Morgan fingerprint density at radius 1 is 1.12 bits per heavy atom. The summed E-state index contributed by atoms with van der Waals surface area (Å²) in [4.78, 5) is 26.9. The number of hydrogen-bond acceptors (Lipinski definition) is 6. The Labute approximate surface area is 191 Å². The fraction of sp³-hybridized carbons (Fsp3) is 0.333. The lowest BCUT2D eigenvalue weighted by Gasteiger charge is -2.23. The molecule has 33 heavy (non-hydrogen) atoms. The van der Waals surface area contributed by atoms with Gasteiger partial charge in [0.25, 0.3) is 0 Å². The molecule has 0 aliphatic carbocycles. The summed E-state index contributed by atoms with van der Waals surface area (Å²) in [7, 11) is 1.29. The molecule has 0 radical (unpaired) electrons. The maximum Gasteiger partial charge on any atom is 0.360 e. The monoisotopic (exact) mass is 451 g/mol. The number of ether oxygens (including phenoxy) is 1. The van der Waals surface area contributed by atoms with Crippen LogP contribution in [0.2, 0.25) is 0 Å². The van der Waals surface area contributed by atoms with Crippen molar-refractivity contribution in [1.29, 1.82) is 0 Å². The molecule has 9 heteroatoms. The zero-order valence-corrected chi connectivity index (χ0v) is 18.4. The minimum atomic E-state index is -0.558. The van der Waals surface area contributed by atoms with Crippen molar-refractivity contribution in [3.05, 3.63) is 83.4 Å². The number of amides is 1. The second-order valence-electron chi connectivity index (χ2n) is 8.06. The summed E-state index contributed by atoms with van der Waals surface area (Å²) in [5.41, 5.74) is 2.19. The topological polar surface area (TPSA) is 89.4 Å². The molecule has 1 amide bonds. The van der Waals surface area contributed by atoms with Gasteiger partial charge in [-0.05, 0) is 36.1 Å². The van der Waals surface area contributed by atoms with Gasteiger partial charge in [0.2, 0.25) is 5.91 Å². The number of carbonyl (C=O) groups is 2. The molecule has 1 aliphatic rings. The summed E-state index contributed by atoms with van der Waals surface area (Å²) in [6, 6.07) is 15.7. The van der Waals surface area contributed by atoms with E-state index in [9.17, 15) is 14.0 Å². The number of rotatable bonds is 8. The van der Waals surface area contributed by atoms with E-state index in [0.29, 0.717) is 26.1 Å². The molecule has 0 unspecified atom stereocenters. The molecule has 172 valence electrons. The molecule has 2 atom stereocenters. The largest absolute Gasteiger partial charge is 0.464 e. The first-order valence-corrected chi connectivity index (χ1v) is 10.8. The maximum absolute atomic E-state index is 13.3. The van der Waals surface area contributed by atoms with E-state index < -0.39 is 5.97 Å². The first kappa shape index (κ1) is 22.6. The molecule has 2 aromatic carbocycles. The van der Waals surface area contributed by atoms with Gasteiger partial charge in [0, 0.05) is 19.6 Å². The van der Waals surface area contributed by atoms with Crippen LogP contribution in [-0.4, -0.2) is 58.0 Å². The number of carbonyl (C=O) groups excluding carboxylic acids is 2. The number of aromatic nitrogens is 3. The van der Waals surface area contributed by atoms with E-state index in [1.807, 2.05) is 30.3 Å². The van der Waals surface area contributed by atoms with Crippen molar-refractivity contribution in [2.24, 2.45) is 0 Å². The summed E-state index contributed by atoms with van der Waals surface area (Å²) in [5, 5.41) is 11.0. The van der Waals surface area contributed by atoms with Gasteiger partial charge in [0.1, 0.15) is 5.82 Å². The average Bonchev–Trinajstić information content (AvgIpc) is 3.48. The van der Waals surface area contributed by atoms with Crippen LogP contribution in [0.25, 0.3) is 0 Å². The van der Waals surface area contributed by atoms with Crippen LogP contribution in [0.5, 0.6) is 0 Å². The number of halogens is 1. The van der Waals surface area contributed by atoms with Gasteiger partial charge in [-0.2, -0.15) is 0 Å². The van der Waals surface area contributed by atoms with Gasteiger partial charge >= 0.3 is 5.97 Å². The molecular formula is C24H26FN5O3. The van der Waals surface area contributed by atoms with Crippen LogP contribution in [0, 0.1) is 5.82 Å². The molecule has 8 nitrogen and oxygen atoms in total. The highest BCUT2D eigenvalue weighted by Gasteiger charge is 2.38. The van der Waals surface area contributed by atoms with Crippen LogP contribution >= 0.6 is 0 Å². The maximum atomic E-state index is 13.3. The number of hydrogen-bond donors (Lipinski definition) is 1. The SMILES string of the molecule is COC(=O)c1cn([C@@H]2C[C@@H](C(=O)NCCc3ccccc3)N(Cc3ccc(F)cc3)C2)nn1. The molecule has 0 saturated carbocycles. The number of nitrogens with zero attached hydrogens (tertiary/aromatic N) is 4. The van der Waals surface area contributed by atoms with Crippen LogP contribution in [0.3, 0.4) is 0 Å². The number of benzene rings is 2. The first-order chi connectivity index (χ1) is 16.0. The predicted molar refractivity (Wildman–Crippen MR) is 119 cm³/mol. The normalized spacial score (nSPS) is 18.2. The Bertz CT molecular complexity index is 1090. The molecular weight excluding hydrogens is 425 g/mol. The fourth-order valence-electron chi connectivity index (χ4n) is 4.09. The number of likely N-dealkylation sites (tertiary alicyclic amines) is 1. The minimum Gasteiger partial charge on any atom is -0.464 e. The van der Waals surface area contributed by atoms with Gasteiger partial charge in [0.15, 0.2) is 5.69 Å². The third-order valence-corrected chi connectivity index (χ3v) is 5.82. The van der Waals surface area contributed by atoms with Crippen LogP contribution in [0.4, 0.5) is 4.39 Å². The Balaban J connectivity index is 1.46. The lowest BCUT2D eigenvalue weighted by molar-refractivity contribution is -0.125. The molecule has 0 spiro atoms. The van der Waals surface area contributed by atoms with E-state index in [1.165, 1.54) is 19.2 Å². The Hall–Kier alpha value is -3.59. The van der Waals surface area contributed by atoms with Gasteiger partial charge in [-0.25, -0.2) is 13.9 Å². The van der Waals surface area contributed by atoms with Crippen molar-refractivity contribution in [2.75, 3.05) is 20.2 Å². The van der Waals surface area contributed by atoms with Crippen molar-refractivity contribution in [1.82, 2.24) is 25.2 Å². The van der Waals surface area contributed by atoms with Crippen LogP contribution < -0.4 is 5.32 Å². The lowest BCUT2D eigenvalue weighted by Crippen LogP contribution is -2.43. The molecule has 1 fully saturated rings. The van der Waals surface area contributed by atoms with E-state index in [1.54, 1.807) is 23.0 Å². The van der Waals surface area contributed by atoms with Gasteiger partial charge in [-0.3, -0.25) is 9.69 Å². The second-order valence-corrected chi connectivity index (χ2v) is 8.06. The predicted octanol–water partition coefficient (Wildman–Crippen LogP) is 2.38. The van der Waals surface area contributed by atoms with Crippen LogP contribution in [0.15, 0.2) is 60.8 Å². The average molecular weight is 452 g/mol. The van der Waals surface area contributed by atoms with Crippen molar-refractivity contribution in [3.8, 4) is 0 Å². The number of nitrogens with one attached hydrogen (secondary N) is 1. The second kappa shape index (κ2) is 10.4. The van der Waals surface area contributed by atoms with Crippen molar-refractivity contribution < 1.29 is 18.7 Å². The van der Waals surface area contributed by atoms with Crippen molar-refractivity contribution in [2.45, 2.75) is 31.5 Å². The quantitative estimate of drug-likeness (QED) is 0.529. The van der Waals surface area contributed by atoms with Crippen LogP contribution in [0.1, 0.15) is 34.1 Å². The number of esters is 1. The van der Waals surface area contributed by atoms with Gasteiger partial charge in [-0.1, -0.05) is 47.7 Å². The zero-order valence-electron chi connectivity index (χ0n) is 18.4. The van der Waals surface area contributed by atoms with Crippen molar-refractivity contribution >= 4 is 11.9 Å². The molecule has 4 rings (SSSR count).